The summed E-state index contributed by atoms with van der Waals surface area (Å²) in [7, 11) is 0.632. The number of pyridine rings is 1. The zero-order chi connectivity index (χ0) is 29.8. The van der Waals surface area contributed by atoms with Crippen LogP contribution in [0.4, 0.5) is 4.39 Å². The molecule has 0 spiro atoms. The third-order valence-electron chi connectivity index (χ3n) is 7.73. The number of allylic oxidation sites excluding steroid dienone is 1. The van der Waals surface area contributed by atoms with Crippen molar-refractivity contribution in [3.05, 3.63) is 89.9 Å². The fourth-order valence-corrected chi connectivity index (χ4v) is 6.55. The number of hydrogen-bond acceptors (Lipinski definition) is 5. The Kier molecular flexibility index (Phi) is 9.06. The van der Waals surface area contributed by atoms with Gasteiger partial charge in [0.2, 0.25) is 5.88 Å². The van der Waals surface area contributed by atoms with E-state index in [0.29, 0.717) is 36.2 Å². The highest BCUT2D eigenvalue weighted by Gasteiger charge is 2.31. The van der Waals surface area contributed by atoms with Crippen molar-refractivity contribution < 1.29 is 13.3 Å². The highest BCUT2D eigenvalue weighted by molar-refractivity contribution is 7.85. The SMILES string of the molecule is C=C(Cc1c(C)[nH]c2ccc(F)cc12)N1CCS(=O)CC1c1ncc(-c2cc3ccccc3nc2OC)[nH]1.CCCC. The summed E-state index contributed by atoms with van der Waals surface area (Å²) in [6.07, 6.45) is 4.96. The fraction of sp³-hybridized carbons (Fsp3) is 0.333. The van der Waals surface area contributed by atoms with E-state index in [2.05, 4.69) is 40.3 Å². The number of aromatic nitrogens is 4. The molecule has 1 aliphatic rings. The van der Waals surface area contributed by atoms with Gasteiger partial charge in [0.15, 0.2) is 0 Å². The Labute approximate surface area is 248 Å². The molecule has 9 heteroatoms. The average molecular weight is 588 g/mol. The molecule has 0 radical (unpaired) electrons. The highest BCUT2D eigenvalue weighted by atomic mass is 32.2. The Morgan fingerprint density at radius 2 is 1.95 bits per heavy atom. The molecule has 220 valence electrons. The van der Waals surface area contributed by atoms with Gasteiger partial charge in [-0.2, -0.15) is 0 Å². The van der Waals surface area contributed by atoms with Crippen LogP contribution in [0.3, 0.4) is 0 Å². The number of methoxy groups -OCH3 is 1. The van der Waals surface area contributed by atoms with Crippen LogP contribution in [0, 0.1) is 12.7 Å². The van der Waals surface area contributed by atoms with Gasteiger partial charge in [0.1, 0.15) is 11.6 Å². The first-order valence-electron chi connectivity index (χ1n) is 14.4. The third-order valence-corrected chi connectivity index (χ3v) is 9.06. The van der Waals surface area contributed by atoms with Crippen molar-refractivity contribution >= 4 is 32.6 Å². The van der Waals surface area contributed by atoms with Crippen LogP contribution in [0.25, 0.3) is 33.1 Å². The van der Waals surface area contributed by atoms with Crippen LogP contribution in [0.15, 0.2) is 67.0 Å². The van der Waals surface area contributed by atoms with Crippen LogP contribution < -0.4 is 4.74 Å². The topological polar surface area (TPSA) is 86.9 Å². The Bertz CT molecular complexity index is 1740. The number of imidazole rings is 1. The predicted molar refractivity (Wildman–Crippen MR) is 170 cm³/mol. The molecule has 2 aromatic carbocycles. The summed E-state index contributed by atoms with van der Waals surface area (Å²) < 4.78 is 32.3. The van der Waals surface area contributed by atoms with E-state index in [1.165, 1.54) is 18.9 Å². The Morgan fingerprint density at radius 3 is 2.71 bits per heavy atom. The molecule has 5 aromatic rings. The molecule has 2 N–H and O–H groups in total. The first-order chi connectivity index (χ1) is 20.3. The molecule has 0 bridgehead atoms. The van der Waals surface area contributed by atoms with Crippen molar-refractivity contribution in [3.8, 4) is 17.1 Å². The maximum Gasteiger partial charge on any atom is 0.223 e. The Hall–Kier alpha value is -3.98. The van der Waals surface area contributed by atoms with Gasteiger partial charge in [-0.25, -0.2) is 14.4 Å². The molecular weight excluding hydrogens is 549 g/mol. The molecule has 1 aliphatic heterocycles. The number of fused-ring (bicyclic) bond motifs is 2. The number of unbranched alkanes of at least 4 members (excludes halogenated alkanes) is 1. The third kappa shape index (κ3) is 6.11. The van der Waals surface area contributed by atoms with Crippen molar-refractivity contribution in [3.63, 3.8) is 0 Å². The normalized spacial score (nSPS) is 16.8. The zero-order valence-electron chi connectivity index (χ0n) is 24.7. The lowest BCUT2D eigenvalue weighted by Gasteiger charge is -2.37. The van der Waals surface area contributed by atoms with E-state index >= 15 is 0 Å². The van der Waals surface area contributed by atoms with E-state index in [1.54, 1.807) is 25.4 Å². The number of rotatable bonds is 7. The van der Waals surface area contributed by atoms with Crippen molar-refractivity contribution in [2.24, 2.45) is 0 Å². The van der Waals surface area contributed by atoms with E-state index in [-0.39, 0.29) is 11.9 Å². The number of benzene rings is 2. The average Bonchev–Trinajstić information content (AvgIpc) is 3.61. The van der Waals surface area contributed by atoms with Gasteiger partial charge in [-0.05, 0) is 42.8 Å². The summed E-state index contributed by atoms with van der Waals surface area (Å²) >= 11 is 0. The summed E-state index contributed by atoms with van der Waals surface area (Å²) in [6, 6.07) is 14.5. The summed E-state index contributed by atoms with van der Waals surface area (Å²) in [4.78, 5) is 18.3. The largest absolute Gasteiger partial charge is 0.480 e. The van der Waals surface area contributed by atoms with Crippen LogP contribution in [0.1, 0.15) is 49.8 Å². The first-order valence-corrected chi connectivity index (χ1v) is 15.9. The Morgan fingerprint density at radius 1 is 1.17 bits per heavy atom. The first kappa shape index (κ1) is 29.5. The van der Waals surface area contributed by atoms with E-state index in [4.69, 9.17) is 9.72 Å². The van der Waals surface area contributed by atoms with Crippen molar-refractivity contribution in [1.82, 2.24) is 24.8 Å². The van der Waals surface area contributed by atoms with Gasteiger partial charge in [0, 0.05) is 57.2 Å². The van der Waals surface area contributed by atoms with Crippen LogP contribution in [-0.4, -0.2) is 54.2 Å². The molecule has 0 aliphatic carbocycles. The molecule has 42 heavy (non-hydrogen) atoms. The molecule has 4 heterocycles. The van der Waals surface area contributed by atoms with Gasteiger partial charge >= 0.3 is 0 Å². The minimum absolute atomic E-state index is 0.229. The lowest BCUT2D eigenvalue weighted by Crippen LogP contribution is -2.40. The van der Waals surface area contributed by atoms with Crippen molar-refractivity contribution in [1.29, 1.82) is 0 Å². The predicted octanol–water partition coefficient (Wildman–Crippen LogP) is 7.23. The molecule has 0 amide bonds. The van der Waals surface area contributed by atoms with Crippen LogP contribution in [-0.2, 0) is 17.2 Å². The molecule has 2 unspecified atom stereocenters. The van der Waals surface area contributed by atoms with E-state index in [0.717, 1.165) is 50.0 Å². The second-order valence-corrected chi connectivity index (χ2v) is 12.2. The molecule has 7 nitrogen and oxygen atoms in total. The number of aromatic amines is 2. The van der Waals surface area contributed by atoms with Crippen molar-refractivity contribution in [2.45, 2.75) is 46.1 Å². The maximum absolute atomic E-state index is 14.0. The lowest BCUT2D eigenvalue weighted by molar-refractivity contribution is 0.267. The van der Waals surface area contributed by atoms with Gasteiger partial charge in [-0.1, -0.05) is 51.5 Å². The fourth-order valence-electron chi connectivity index (χ4n) is 5.29. The van der Waals surface area contributed by atoms with Crippen LogP contribution >= 0.6 is 0 Å². The summed E-state index contributed by atoms with van der Waals surface area (Å²) in [5.41, 5.74) is 6.22. The summed E-state index contributed by atoms with van der Waals surface area (Å²) in [5.74, 6) is 1.96. The number of hydrogen-bond donors (Lipinski definition) is 2. The number of halogens is 1. The minimum atomic E-state index is -0.972. The van der Waals surface area contributed by atoms with Gasteiger partial charge in [-0.3, -0.25) is 4.21 Å². The quantitative estimate of drug-likeness (QED) is 0.210. The molecular formula is C33H38FN5O2S. The van der Waals surface area contributed by atoms with Crippen molar-refractivity contribution in [2.75, 3.05) is 25.2 Å². The second kappa shape index (κ2) is 12.9. The van der Waals surface area contributed by atoms with E-state index in [1.807, 2.05) is 37.3 Å². The number of H-pyrrole nitrogens is 2. The molecule has 3 aromatic heterocycles. The monoisotopic (exact) mass is 587 g/mol. The highest BCUT2D eigenvalue weighted by Crippen LogP contribution is 2.34. The van der Waals surface area contributed by atoms with E-state index < -0.39 is 10.8 Å². The standard InChI is InChI=1S/C29H28FN5O2S.C4H10/c1-17(12-21-18(2)32-25-9-8-20(30)14-22(21)25)35-10-11-38(36)16-27(35)28-31-15-26(33-28)23-13-19-6-4-5-7-24(19)34-29(23)37-3;1-3-4-2/h4-9,13-15,27,32H,1,10-12,16H2,2-3H3,(H,31,33);3-4H2,1-2H3. The van der Waals surface area contributed by atoms with Gasteiger partial charge in [-0.15, -0.1) is 0 Å². The van der Waals surface area contributed by atoms with Gasteiger partial charge < -0.3 is 19.6 Å². The molecule has 0 saturated carbocycles. The smallest absolute Gasteiger partial charge is 0.223 e. The molecule has 2 atom stereocenters. The molecule has 1 saturated heterocycles. The Balaban J connectivity index is 0.000000830. The van der Waals surface area contributed by atoms with E-state index in [9.17, 15) is 8.60 Å². The molecule has 1 fully saturated rings. The van der Waals surface area contributed by atoms with Gasteiger partial charge in [0.05, 0.1) is 41.9 Å². The number of nitrogens with zero attached hydrogens (tertiary/aromatic N) is 3. The minimum Gasteiger partial charge on any atom is -0.480 e. The summed E-state index contributed by atoms with van der Waals surface area (Å²) in [5, 5.41) is 1.86. The second-order valence-electron chi connectivity index (χ2n) is 10.6. The maximum atomic E-state index is 14.0. The number of aryl methyl sites for hydroxylation is 1. The summed E-state index contributed by atoms with van der Waals surface area (Å²) in [6.45, 7) is 11.4. The number of nitrogens with one attached hydrogen (secondary N) is 2. The molecule has 6 rings (SSSR count). The number of para-hydroxylation sites is 1. The van der Waals surface area contributed by atoms with Crippen LogP contribution in [0.5, 0.6) is 5.88 Å². The number of ether oxygens (including phenoxy) is 1. The van der Waals surface area contributed by atoms with Gasteiger partial charge in [0.25, 0.3) is 0 Å². The zero-order valence-corrected chi connectivity index (χ0v) is 25.5. The lowest BCUT2D eigenvalue weighted by atomic mass is 10.0. The van der Waals surface area contributed by atoms with Crippen LogP contribution in [0.2, 0.25) is 0 Å².